The summed E-state index contributed by atoms with van der Waals surface area (Å²) in [5.74, 6) is 0.456. The molecular weight excluding hydrogens is 473 g/mol. The van der Waals surface area contributed by atoms with Crippen molar-refractivity contribution in [1.29, 1.82) is 0 Å². The van der Waals surface area contributed by atoms with Gasteiger partial charge in [-0.1, -0.05) is 46.3 Å². The summed E-state index contributed by atoms with van der Waals surface area (Å²) < 4.78 is 48.7. The molecule has 4 nitrogen and oxygen atoms in total. The number of nitrogens with zero attached hydrogens (tertiary/aromatic N) is 2. The monoisotopic (exact) mass is 488 g/mol. The first-order valence-corrected chi connectivity index (χ1v) is 10.4. The normalized spacial score (nSPS) is 19.9. The van der Waals surface area contributed by atoms with Crippen LogP contribution in [0.3, 0.4) is 0 Å². The van der Waals surface area contributed by atoms with Gasteiger partial charge < -0.3 is 9.47 Å². The molecule has 0 saturated heterocycles. The van der Waals surface area contributed by atoms with Gasteiger partial charge in [0, 0.05) is 22.0 Å². The van der Waals surface area contributed by atoms with Gasteiger partial charge in [0.15, 0.2) is 0 Å². The number of fused-ring (bicyclic) bond motifs is 3. The predicted octanol–water partition coefficient (Wildman–Crippen LogP) is 6.59. The predicted molar refractivity (Wildman–Crippen MR) is 113 cm³/mol. The molecule has 2 heterocycles. The Balaban J connectivity index is 1.52. The molecule has 0 aliphatic carbocycles. The van der Waals surface area contributed by atoms with Crippen molar-refractivity contribution in [3.63, 3.8) is 0 Å². The first-order chi connectivity index (χ1) is 14.9. The lowest BCUT2D eigenvalue weighted by atomic mass is 9.96. The van der Waals surface area contributed by atoms with Crippen LogP contribution in [0.15, 0.2) is 82.4 Å². The Kier molecular flexibility index (Phi) is 4.89. The average Bonchev–Trinajstić information content (AvgIpc) is 3.19. The van der Waals surface area contributed by atoms with Gasteiger partial charge >= 0.3 is 6.36 Å². The largest absolute Gasteiger partial charge is 0.573 e. The van der Waals surface area contributed by atoms with Crippen LogP contribution in [0.4, 0.5) is 13.2 Å². The first kappa shape index (κ1) is 19.9. The summed E-state index contributed by atoms with van der Waals surface area (Å²) in [4.78, 5) is 0. The van der Waals surface area contributed by atoms with Crippen LogP contribution in [0, 0.1) is 0 Å². The van der Waals surface area contributed by atoms with E-state index in [0.29, 0.717) is 12.0 Å². The van der Waals surface area contributed by atoms with Crippen LogP contribution in [0.25, 0.3) is 0 Å². The van der Waals surface area contributed by atoms with E-state index in [-0.39, 0.29) is 11.8 Å². The van der Waals surface area contributed by atoms with Crippen molar-refractivity contribution in [3.05, 3.63) is 94.0 Å². The first-order valence-electron chi connectivity index (χ1n) is 9.60. The second-order valence-electron chi connectivity index (χ2n) is 7.28. The van der Waals surface area contributed by atoms with Gasteiger partial charge in [0.2, 0.25) is 6.23 Å². The second kappa shape index (κ2) is 7.60. The number of alkyl halides is 3. The Hall–Kier alpha value is -3.00. The van der Waals surface area contributed by atoms with Crippen LogP contribution in [-0.4, -0.2) is 17.1 Å². The number of rotatable bonds is 3. The Morgan fingerprint density at radius 2 is 1.74 bits per heavy atom. The Bertz CT molecular complexity index is 1130. The molecule has 0 saturated carbocycles. The van der Waals surface area contributed by atoms with Gasteiger partial charge in [0.25, 0.3) is 0 Å². The van der Waals surface area contributed by atoms with E-state index in [1.165, 1.54) is 12.1 Å². The molecule has 31 heavy (non-hydrogen) atoms. The number of halogens is 4. The third-order valence-electron chi connectivity index (χ3n) is 5.26. The third-order valence-corrected chi connectivity index (χ3v) is 5.75. The van der Waals surface area contributed by atoms with Crippen molar-refractivity contribution in [3.8, 4) is 11.5 Å². The molecule has 0 N–H and O–H groups in total. The highest BCUT2D eigenvalue weighted by atomic mass is 79.9. The van der Waals surface area contributed by atoms with E-state index in [2.05, 4.69) is 20.7 Å². The van der Waals surface area contributed by atoms with Gasteiger partial charge in [-0.25, -0.2) is 5.01 Å². The van der Waals surface area contributed by atoms with E-state index in [4.69, 9.17) is 9.84 Å². The number of hydrazone groups is 1. The topological polar surface area (TPSA) is 34.1 Å². The van der Waals surface area contributed by atoms with Crippen LogP contribution in [0.5, 0.6) is 11.5 Å². The Morgan fingerprint density at radius 1 is 1.00 bits per heavy atom. The van der Waals surface area contributed by atoms with E-state index in [9.17, 15) is 13.2 Å². The van der Waals surface area contributed by atoms with Gasteiger partial charge in [-0.2, -0.15) is 5.10 Å². The maximum atomic E-state index is 12.5. The molecule has 0 aromatic heterocycles. The molecule has 0 amide bonds. The van der Waals surface area contributed by atoms with Crippen LogP contribution in [-0.2, 0) is 0 Å². The molecule has 3 aromatic carbocycles. The molecule has 0 radical (unpaired) electrons. The van der Waals surface area contributed by atoms with Crippen molar-refractivity contribution < 1.29 is 22.6 Å². The van der Waals surface area contributed by atoms with Gasteiger partial charge in [-0.3, -0.25) is 0 Å². The second-order valence-corrected chi connectivity index (χ2v) is 8.20. The Morgan fingerprint density at radius 3 is 2.45 bits per heavy atom. The molecule has 5 rings (SSSR count). The highest BCUT2D eigenvalue weighted by Gasteiger charge is 2.41. The summed E-state index contributed by atoms with van der Waals surface area (Å²) in [7, 11) is 0. The molecule has 8 heteroatoms. The third kappa shape index (κ3) is 3.99. The lowest BCUT2D eigenvalue weighted by molar-refractivity contribution is -0.274. The molecule has 0 fully saturated rings. The number of ether oxygens (including phenoxy) is 2. The van der Waals surface area contributed by atoms with Gasteiger partial charge in [0.05, 0.1) is 11.8 Å². The molecule has 0 bridgehead atoms. The minimum atomic E-state index is -4.73. The SMILES string of the molecule is FC(F)(F)Oc1ccc([C@@H]2Oc3ccc(Br)cc3[C@H]3CC(c4ccccc4)=NN32)cc1. The zero-order valence-electron chi connectivity index (χ0n) is 16.0. The molecule has 2 aliphatic heterocycles. The summed E-state index contributed by atoms with van der Waals surface area (Å²) in [6.07, 6.45) is -4.60. The van der Waals surface area contributed by atoms with Crippen molar-refractivity contribution in [2.75, 3.05) is 0 Å². The minimum absolute atomic E-state index is 0.0486. The van der Waals surface area contributed by atoms with E-state index in [0.717, 1.165) is 27.1 Å². The summed E-state index contributed by atoms with van der Waals surface area (Å²) in [6.45, 7) is 0. The maximum Gasteiger partial charge on any atom is 0.573 e. The number of benzene rings is 3. The zero-order chi connectivity index (χ0) is 21.6. The highest BCUT2D eigenvalue weighted by molar-refractivity contribution is 9.10. The number of hydrogen-bond acceptors (Lipinski definition) is 4. The molecule has 0 spiro atoms. The quantitative estimate of drug-likeness (QED) is 0.417. The van der Waals surface area contributed by atoms with Crippen LogP contribution >= 0.6 is 15.9 Å². The molecule has 158 valence electrons. The average molecular weight is 489 g/mol. The number of hydrogen-bond donors (Lipinski definition) is 0. The van der Waals surface area contributed by atoms with Crippen molar-refractivity contribution in [2.24, 2.45) is 5.10 Å². The molecule has 0 unspecified atom stereocenters. The fraction of sp³-hybridized carbons (Fsp3) is 0.174. The smallest absolute Gasteiger partial charge is 0.464 e. The summed E-state index contributed by atoms with van der Waals surface area (Å²) >= 11 is 3.52. The van der Waals surface area contributed by atoms with E-state index < -0.39 is 12.6 Å². The molecule has 3 aromatic rings. The van der Waals surface area contributed by atoms with E-state index in [1.807, 2.05) is 53.5 Å². The standard InChI is InChI=1S/C23H16BrF3N2O2/c24-16-8-11-21-18(12-16)20-13-19(14-4-2-1-3-5-14)28-29(20)22(30-21)15-6-9-17(10-7-15)31-23(25,26)27/h1-12,20,22H,13H2/t20-,22+/m1/s1. The summed E-state index contributed by atoms with van der Waals surface area (Å²) in [6, 6.07) is 21.4. The van der Waals surface area contributed by atoms with Gasteiger partial charge in [0.1, 0.15) is 11.5 Å². The van der Waals surface area contributed by atoms with E-state index in [1.54, 1.807) is 12.1 Å². The highest BCUT2D eigenvalue weighted by Crippen LogP contribution is 2.48. The van der Waals surface area contributed by atoms with Crippen LogP contribution < -0.4 is 9.47 Å². The summed E-state index contributed by atoms with van der Waals surface area (Å²) in [5.41, 5.74) is 3.66. The Labute approximate surface area is 185 Å². The van der Waals surface area contributed by atoms with Gasteiger partial charge in [-0.15, -0.1) is 13.2 Å². The van der Waals surface area contributed by atoms with Crippen molar-refractivity contribution in [2.45, 2.75) is 25.1 Å². The lowest BCUT2D eigenvalue weighted by Gasteiger charge is -2.38. The van der Waals surface area contributed by atoms with Crippen molar-refractivity contribution >= 4 is 21.6 Å². The fourth-order valence-electron chi connectivity index (χ4n) is 3.92. The maximum absolute atomic E-state index is 12.5. The zero-order valence-corrected chi connectivity index (χ0v) is 17.6. The van der Waals surface area contributed by atoms with Gasteiger partial charge in [-0.05, 0) is 48.0 Å². The summed E-state index contributed by atoms with van der Waals surface area (Å²) in [5, 5.41) is 6.73. The fourth-order valence-corrected chi connectivity index (χ4v) is 4.30. The lowest BCUT2D eigenvalue weighted by Crippen LogP contribution is -2.33. The minimum Gasteiger partial charge on any atom is -0.464 e. The van der Waals surface area contributed by atoms with E-state index >= 15 is 0 Å². The molecule has 2 atom stereocenters. The van der Waals surface area contributed by atoms with Crippen molar-refractivity contribution in [1.82, 2.24) is 5.01 Å². The molecule has 2 aliphatic rings. The molecular formula is C23H16BrF3N2O2. The van der Waals surface area contributed by atoms with Crippen LogP contribution in [0.1, 0.15) is 35.4 Å². The van der Waals surface area contributed by atoms with Crippen LogP contribution in [0.2, 0.25) is 0 Å².